The number of ether oxygens (including phenoxy) is 2. The molecule has 0 aromatic carbocycles. The van der Waals surface area contributed by atoms with Crippen LogP contribution in [0.2, 0.25) is 0 Å². The Morgan fingerprint density at radius 3 is 2.84 bits per heavy atom. The molecule has 1 aromatic heterocycles. The van der Waals surface area contributed by atoms with E-state index in [9.17, 15) is 18.4 Å². The largest absolute Gasteiger partial charge is 0.481 e. The molecule has 32 heavy (non-hydrogen) atoms. The summed E-state index contributed by atoms with van der Waals surface area (Å²) in [4.78, 5) is 28.3. The van der Waals surface area contributed by atoms with E-state index in [0.29, 0.717) is 18.7 Å². The molecule has 0 spiro atoms. The molecule has 2 aliphatic rings. The van der Waals surface area contributed by atoms with Crippen molar-refractivity contribution in [2.75, 3.05) is 7.11 Å². The molecule has 0 bridgehead atoms. The fourth-order valence-electron chi connectivity index (χ4n) is 4.25. The van der Waals surface area contributed by atoms with E-state index in [4.69, 9.17) is 9.47 Å². The standard InChI is InChI=1S/C21H31F2N5O4/c1-12(7-17(22)23)25-21(30)32-15-4-3-14(10-15)16-11-18(28-27-16)26-19(29)8-13-5-6-24-20(9-13)31-2/h5-6,9,12,14-18,27-28H,3-4,7-8,10-11H2,1-2H3,(H,25,30)(H,26,29)/t12?,14-,15+,16?,18?/m0/s1. The van der Waals surface area contributed by atoms with Gasteiger partial charge in [-0.15, -0.1) is 0 Å². The fraction of sp³-hybridized carbons (Fsp3) is 0.667. The predicted molar refractivity (Wildman–Crippen MR) is 112 cm³/mol. The molecule has 9 nitrogen and oxygen atoms in total. The third-order valence-electron chi connectivity index (χ3n) is 5.80. The van der Waals surface area contributed by atoms with Crippen LogP contribution in [-0.2, 0) is 16.0 Å². The van der Waals surface area contributed by atoms with Crippen molar-refractivity contribution >= 4 is 12.0 Å². The van der Waals surface area contributed by atoms with Crippen LogP contribution in [0.3, 0.4) is 0 Å². The highest BCUT2D eigenvalue weighted by Gasteiger charge is 2.37. The number of amides is 2. The van der Waals surface area contributed by atoms with E-state index >= 15 is 0 Å². The quantitative estimate of drug-likeness (QED) is 0.450. The van der Waals surface area contributed by atoms with Crippen LogP contribution in [0.4, 0.5) is 13.6 Å². The second-order valence-corrected chi connectivity index (χ2v) is 8.41. The zero-order valence-corrected chi connectivity index (χ0v) is 18.3. The van der Waals surface area contributed by atoms with Crippen molar-refractivity contribution in [3.8, 4) is 5.88 Å². The Morgan fingerprint density at radius 1 is 1.28 bits per heavy atom. The lowest BCUT2D eigenvalue weighted by molar-refractivity contribution is -0.121. The number of alkyl carbamates (subject to hydrolysis) is 1. The molecule has 11 heteroatoms. The Labute approximate surface area is 186 Å². The molecule has 3 unspecified atom stereocenters. The highest BCUT2D eigenvalue weighted by molar-refractivity contribution is 5.78. The fourth-order valence-corrected chi connectivity index (χ4v) is 4.25. The summed E-state index contributed by atoms with van der Waals surface area (Å²) in [5.41, 5.74) is 7.16. The van der Waals surface area contributed by atoms with Crippen molar-refractivity contribution in [1.82, 2.24) is 26.5 Å². The van der Waals surface area contributed by atoms with E-state index in [1.54, 1.807) is 18.3 Å². The van der Waals surface area contributed by atoms with Crippen LogP contribution >= 0.6 is 0 Å². The van der Waals surface area contributed by atoms with Crippen molar-refractivity contribution in [2.24, 2.45) is 5.92 Å². The molecule has 5 atom stereocenters. The van der Waals surface area contributed by atoms with Gasteiger partial charge in [0.15, 0.2) is 0 Å². The number of aromatic nitrogens is 1. The van der Waals surface area contributed by atoms with E-state index < -0.39 is 25.0 Å². The summed E-state index contributed by atoms with van der Waals surface area (Å²) >= 11 is 0. The maximum Gasteiger partial charge on any atom is 0.407 e. The first kappa shape index (κ1) is 24.1. The van der Waals surface area contributed by atoms with Gasteiger partial charge >= 0.3 is 6.09 Å². The lowest BCUT2D eigenvalue weighted by Crippen LogP contribution is -2.45. The Hall–Kier alpha value is -2.53. The lowest BCUT2D eigenvalue weighted by Gasteiger charge is -2.19. The van der Waals surface area contributed by atoms with Gasteiger partial charge < -0.3 is 20.1 Å². The number of hydrogen-bond donors (Lipinski definition) is 4. The number of rotatable bonds is 9. The molecule has 0 radical (unpaired) electrons. The summed E-state index contributed by atoms with van der Waals surface area (Å²) in [7, 11) is 1.53. The number of pyridine rings is 1. The molecular formula is C21H31F2N5O4. The normalized spacial score (nSPS) is 26.0. The zero-order valence-electron chi connectivity index (χ0n) is 18.3. The number of methoxy groups -OCH3 is 1. The maximum atomic E-state index is 12.4. The topological polar surface area (TPSA) is 114 Å². The van der Waals surface area contributed by atoms with Crippen LogP contribution in [0, 0.1) is 5.92 Å². The lowest BCUT2D eigenvalue weighted by atomic mass is 9.96. The first-order valence-corrected chi connectivity index (χ1v) is 10.9. The number of carbonyl (C=O) groups is 2. The molecule has 1 saturated carbocycles. The second-order valence-electron chi connectivity index (χ2n) is 8.41. The van der Waals surface area contributed by atoms with Crippen molar-refractivity contribution in [2.45, 2.75) is 76.2 Å². The van der Waals surface area contributed by atoms with E-state index in [-0.39, 0.29) is 36.6 Å². The molecule has 2 amide bonds. The Kier molecular flexibility index (Phi) is 8.57. The monoisotopic (exact) mass is 455 g/mol. The van der Waals surface area contributed by atoms with Crippen LogP contribution in [0.1, 0.15) is 44.6 Å². The van der Waals surface area contributed by atoms with Gasteiger partial charge in [0.05, 0.1) is 19.7 Å². The van der Waals surface area contributed by atoms with Crippen molar-refractivity contribution in [1.29, 1.82) is 0 Å². The molecule has 1 saturated heterocycles. The van der Waals surface area contributed by atoms with Gasteiger partial charge in [0.2, 0.25) is 18.2 Å². The minimum absolute atomic E-state index is 0.111. The summed E-state index contributed by atoms with van der Waals surface area (Å²) in [5, 5.41) is 5.42. The summed E-state index contributed by atoms with van der Waals surface area (Å²) in [5.74, 6) is 0.636. The molecule has 2 fully saturated rings. The molecule has 1 aromatic rings. The zero-order chi connectivity index (χ0) is 23.1. The van der Waals surface area contributed by atoms with Crippen LogP contribution in [0.25, 0.3) is 0 Å². The average molecular weight is 456 g/mol. The van der Waals surface area contributed by atoms with Gasteiger partial charge in [-0.2, -0.15) is 0 Å². The van der Waals surface area contributed by atoms with Gasteiger partial charge in [-0.25, -0.2) is 24.0 Å². The summed E-state index contributed by atoms with van der Waals surface area (Å²) in [6, 6.07) is 2.99. The van der Waals surface area contributed by atoms with Gasteiger partial charge in [0.25, 0.3) is 0 Å². The van der Waals surface area contributed by atoms with Crippen LogP contribution in [0.5, 0.6) is 5.88 Å². The van der Waals surface area contributed by atoms with Gasteiger partial charge in [0, 0.05) is 30.8 Å². The SMILES string of the molecule is COc1cc(CC(=O)NC2CC([C@H]3CC[C@@H](OC(=O)NC(C)CC(F)F)C3)NN2)ccn1. The highest BCUT2D eigenvalue weighted by atomic mass is 19.3. The number of alkyl halides is 2. The van der Waals surface area contributed by atoms with E-state index in [0.717, 1.165) is 18.4 Å². The predicted octanol–water partition coefficient (Wildman–Crippen LogP) is 1.88. The minimum Gasteiger partial charge on any atom is -0.481 e. The van der Waals surface area contributed by atoms with Gasteiger partial charge in [-0.05, 0) is 50.2 Å². The first-order valence-electron chi connectivity index (χ1n) is 10.9. The smallest absolute Gasteiger partial charge is 0.407 e. The van der Waals surface area contributed by atoms with E-state index in [2.05, 4.69) is 26.5 Å². The Morgan fingerprint density at radius 2 is 2.09 bits per heavy atom. The molecular weight excluding hydrogens is 424 g/mol. The van der Waals surface area contributed by atoms with E-state index in [1.807, 2.05) is 0 Å². The van der Waals surface area contributed by atoms with Crippen molar-refractivity contribution in [3.63, 3.8) is 0 Å². The summed E-state index contributed by atoms with van der Waals surface area (Å²) in [6.07, 6.45) is 0.857. The number of nitrogens with zero attached hydrogens (tertiary/aromatic N) is 1. The van der Waals surface area contributed by atoms with Gasteiger partial charge in [0.1, 0.15) is 6.10 Å². The minimum atomic E-state index is -2.47. The third-order valence-corrected chi connectivity index (χ3v) is 5.80. The molecule has 1 aliphatic carbocycles. The van der Waals surface area contributed by atoms with Crippen LogP contribution in [-0.4, -0.2) is 54.9 Å². The van der Waals surface area contributed by atoms with Crippen LogP contribution < -0.4 is 26.2 Å². The Balaban J connectivity index is 1.38. The first-order chi connectivity index (χ1) is 15.3. The third kappa shape index (κ3) is 7.27. The second kappa shape index (κ2) is 11.4. The van der Waals surface area contributed by atoms with Crippen LogP contribution in [0.15, 0.2) is 18.3 Å². The molecule has 2 heterocycles. The number of hydrogen-bond acceptors (Lipinski definition) is 7. The number of carbonyl (C=O) groups excluding carboxylic acids is 2. The number of hydrazine groups is 1. The summed E-state index contributed by atoms with van der Waals surface area (Å²) in [6.45, 7) is 1.53. The molecule has 4 N–H and O–H groups in total. The highest BCUT2D eigenvalue weighted by Crippen LogP contribution is 2.33. The number of halogens is 2. The van der Waals surface area contributed by atoms with Gasteiger partial charge in [-0.3, -0.25) is 10.2 Å². The molecule has 3 rings (SSSR count). The molecule has 178 valence electrons. The molecule has 1 aliphatic heterocycles. The van der Waals surface area contributed by atoms with E-state index in [1.165, 1.54) is 14.0 Å². The van der Waals surface area contributed by atoms with Gasteiger partial charge in [-0.1, -0.05) is 0 Å². The number of nitrogens with one attached hydrogen (secondary N) is 4. The Bertz CT molecular complexity index is 784. The van der Waals surface area contributed by atoms with Crippen molar-refractivity contribution in [3.05, 3.63) is 23.9 Å². The summed E-state index contributed by atoms with van der Waals surface area (Å²) < 4.78 is 35.2. The van der Waals surface area contributed by atoms with Crippen molar-refractivity contribution < 1.29 is 27.8 Å². The maximum absolute atomic E-state index is 12.4. The average Bonchev–Trinajstić information content (AvgIpc) is 3.36.